The Morgan fingerprint density at radius 2 is 1.74 bits per heavy atom. The maximum atomic E-state index is 12.5. The van der Waals surface area contributed by atoms with Crippen molar-refractivity contribution in [1.82, 2.24) is 4.98 Å². The molecule has 0 atom stereocenters. The van der Waals surface area contributed by atoms with E-state index in [1.807, 2.05) is 30.3 Å². The summed E-state index contributed by atoms with van der Waals surface area (Å²) >= 11 is 0. The first-order valence-electron chi connectivity index (χ1n) is 8.36. The number of amides is 1. The summed E-state index contributed by atoms with van der Waals surface area (Å²) in [6, 6.07) is 18.2. The van der Waals surface area contributed by atoms with Gasteiger partial charge in [0.2, 0.25) is 5.88 Å². The summed E-state index contributed by atoms with van der Waals surface area (Å²) in [5.74, 6) is 1.25. The zero-order valence-electron chi connectivity index (χ0n) is 15.1. The van der Waals surface area contributed by atoms with E-state index in [0.29, 0.717) is 35.2 Å². The highest BCUT2D eigenvalue weighted by Crippen LogP contribution is 2.30. The quantitative estimate of drug-likeness (QED) is 0.688. The third-order valence-electron chi connectivity index (χ3n) is 3.87. The molecule has 0 saturated carbocycles. The number of pyridine rings is 1. The maximum Gasteiger partial charge on any atom is 0.255 e. The predicted molar refractivity (Wildman–Crippen MR) is 103 cm³/mol. The van der Waals surface area contributed by atoms with Gasteiger partial charge >= 0.3 is 0 Å². The fourth-order valence-electron chi connectivity index (χ4n) is 2.48. The van der Waals surface area contributed by atoms with Crippen molar-refractivity contribution in [2.24, 2.45) is 0 Å². The molecule has 1 heterocycles. The van der Waals surface area contributed by atoms with E-state index in [9.17, 15) is 4.79 Å². The lowest BCUT2D eigenvalue weighted by atomic mass is 10.2. The van der Waals surface area contributed by atoms with Gasteiger partial charge in [-0.05, 0) is 23.8 Å². The zero-order valence-corrected chi connectivity index (χ0v) is 15.1. The second-order valence-corrected chi connectivity index (χ2v) is 5.68. The maximum absolute atomic E-state index is 12.5. The lowest BCUT2D eigenvalue weighted by molar-refractivity contribution is 0.102. The molecular formula is C21H20N2O4. The molecular weight excluding hydrogens is 344 g/mol. The van der Waals surface area contributed by atoms with E-state index in [1.165, 1.54) is 0 Å². The van der Waals surface area contributed by atoms with Crippen molar-refractivity contribution < 1.29 is 19.0 Å². The van der Waals surface area contributed by atoms with Crippen LogP contribution < -0.4 is 19.5 Å². The van der Waals surface area contributed by atoms with Crippen LogP contribution in [0.1, 0.15) is 15.9 Å². The van der Waals surface area contributed by atoms with E-state index in [4.69, 9.17) is 14.2 Å². The molecule has 0 saturated heterocycles. The molecule has 0 fully saturated rings. The first-order valence-corrected chi connectivity index (χ1v) is 8.36. The summed E-state index contributed by atoms with van der Waals surface area (Å²) in [5, 5.41) is 2.83. The van der Waals surface area contributed by atoms with Gasteiger partial charge in [0, 0.05) is 29.6 Å². The van der Waals surface area contributed by atoms with Crippen LogP contribution in [-0.2, 0) is 6.61 Å². The number of nitrogens with one attached hydrogen (secondary N) is 1. The number of anilines is 1. The molecule has 0 unspecified atom stereocenters. The molecule has 0 aliphatic carbocycles. The van der Waals surface area contributed by atoms with Gasteiger partial charge < -0.3 is 19.5 Å². The molecule has 1 aromatic heterocycles. The number of carbonyl (C=O) groups is 1. The van der Waals surface area contributed by atoms with Crippen LogP contribution >= 0.6 is 0 Å². The minimum atomic E-state index is -0.269. The smallest absolute Gasteiger partial charge is 0.255 e. The summed E-state index contributed by atoms with van der Waals surface area (Å²) in [6.07, 6.45) is 1.55. The molecule has 2 aromatic carbocycles. The SMILES string of the molecule is COc1ccc(NC(=O)c2ccnc(OCc3ccccc3)c2)cc1OC. The summed E-state index contributed by atoms with van der Waals surface area (Å²) < 4.78 is 16.1. The van der Waals surface area contributed by atoms with Crippen molar-refractivity contribution in [3.05, 3.63) is 78.0 Å². The molecule has 27 heavy (non-hydrogen) atoms. The average Bonchev–Trinajstić information content (AvgIpc) is 2.73. The number of hydrogen-bond acceptors (Lipinski definition) is 5. The van der Waals surface area contributed by atoms with Gasteiger partial charge in [-0.2, -0.15) is 0 Å². The van der Waals surface area contributed by atoms with Crippen LogP contribution in [0.15, 0.2) is 66.9 Å². The Kier molecular flexibility index (Phi) is 5.89. The fraction of sp³-hybridized carbons (Fsp3) is 0.143. The van der Waals surface area contributed by atoms with E-state index in [1.54, 1.807) is 50.7 Å². The second kappa shape index (κ2) is 8.71. The van der Waals surface area contributed by atoms with Gasteiger partial charge in [0.25, 0.3) is 5.91 Å². The van der Waals surface area contributed by atoms with Crippen LogP contribution in [0, 0.1) is 0 Å². The predicted octanol–water partition coefficient (Wildman–Crippen LogP) is 3.93. The molecule has 0 spiro atoms. The Balaban J connectivity index is 1.68. The van der Waals surface area contributed by atoms with Crippen LogP contribution in [0.3, 0.4) is 0 Å². The first-order chi connectivity index (χ1) is 13.2. The number of hydrogen-bond donors (Lipinski definition) is 1. The first kappa shape index (κ1) is 18.3. The topological polar surface area (TPSA) is 69.7 Å². The minimum Gasteiger partial charge on any atom is -0.493 e. The van der Waals surface area contributed by atoms with Gasteiger partial charge in [-0.25, -0.2) is 4.98 Å². The van der Waals surface area contributed by atoms with E-state index < -0.39 is 0 Å². The molecule has 1 amide bonds. The molecule has 6 heteroatoms. The monoisotopic (exact) mass is 364 g/mol. The number of carbonyl (C=O) groups excluding carboxylic acids is 1. The standard InChI is InChI=1S/C21H20N2O4/c1-25-18-9-8-17(13-19(18)26-2)23-21(24)16-10-11-22-20(12-16)27-14-15-6-4-3-5-7-15/h3-13H,14H2,1-2H3,(H,23,24). The molecule has 138 valence electrons. The highest BCUT2D eigenvalue weighted by Gasteiger charge is 2.11. The molecule has 0 radical (unpaired) electrons. The third-order valence-corrected chi connectivity index (χ3v) is 3.87. The van der Waals surface area contributed by atoms with Crippen LogP contribution in [-0.4, -0.2) is 25.1 Å². The van der Waals surface area contributed by atoms with Crippen LogP contribution in [0.2, 0.25) is 0 Å². The molecule has 0 aliphatic heterocycles. The van der Waals surface area contributed by atoms with Crippen LogP contribution in [0.4, 0.5) is 5.69 Å². The number of aromatic nitrogens is 1. The minimum absolute atomic E-state index is 0.269. The van der Waals surface area contributed by atoms with Crippen LogP contribution in [0.25, 0.3) is 0 Å². The Bertz CT molecular complexity index is 913. The Labute approximate surface area is 157 Å². The molecule has 6 nitrogen and oxygen atoms in total. The Morgan fingerprint density at radius 1 is 0.963 bits per heavy atom. The molecule has 0 aliphatic rings. The van der Waals surface area contributed by atoms with Gasteiger partial charge in [0.15, 0.2) is 11.5 Å². The van der Waals surface area contributed by atoms with Gasteiger partial charge in [0.05, 0.1) is 14.2 Å². The number of rotatable bonds is 7. The zero-order chi connectivity index (χ0) is 19.1. The number of nitrogens with zero attached hydrogens (tertiary/aromatic N) is 1. The van der Waals surface area contributed by atoms with Crippen molar-refractivity contribution >= 4 is 11.6 Å². The van der Waals surface area contributed by atoms with Gasteiger partial charge in [-0.15, -0.1) is 0 Å². The van der Waals surface area contributed by atoms with Gasteiger partial charge in [-0.1, -0.05) is 30.3 Å². The van der Waals surface area contributed by atoms with E-state index in [-0.39, 0.29) is 5.91 Å². The van der Waals surface area contributed by atoms with E-state index >= 15 is 0 Å². The Morgan fingerprint density at radius 3 is 2.48 bits per heavy atom. The molecule has 0 bridgehead atoms. The van der Waals surface area contributed by atoms with Gasteiger partial charge in [0.1, 0.15) is 6.61 Å². The highest BCUT2D eigenvalue weighted by atomic mass is 16.5. The normalized spacial score (nSPS) is 10.1. The average molecular weight is 364 g/mol. The van der Waals surface area contributed by atoms with Crippen LogP contribution in [0.5, 0.6) is 17.4 Å². The molecule has 3 rings (SSSR count). The summed E-state index contributed by atoms with van der Waals surface area (Å²) in [6.45, 7) is 0.384. The summed E-state index contributed by atoms with van der Waals surface area (Å²) in [4.78, 5) is 16.7. The van der Waals surface area contributed by atoms with Crippen molar-refractivity contribution in [3.8, 4) is 17.4 Å². The van der Waals surface area contributed by atoms with Crippen molar-refractivity contribution in [1.29, 1.82) is 0 Å². The largest absolute Gasteiger partial charge is 0.493 e. The summed E-state index contributed by atoms with van der Waals surface area (Å²) in [7, 11) is 3.10. The van der Waals surface area contributed by atoms with Gasteiger partial charge in [-0.3, -0.25) is 4.79 Å². The summed E-state index contributed by atoms with van der Waals surface area (Å²) in [5.41, 5.74) is 2.07. The number of benzene rings is 2. The van der Waals surface area contributed by atoms with Crippen molar-refractivity contribution in [2.75, 3.05) is 19.5 Å². The third kappa shape index (κ3) is 4.76. The fourth-order valence-corrected chi connectivity index (χ4v) is 2.48. The molecule has 3 aromatic rings. The lowest BCUT2D eigenvalue weighted by Crippen LogP contribution is -2.12. The number of ether oxygens (including phenoxy) is 3. The molecule has 1 N–H and O–H groups in total. The Hall–Kier alpha value is -3.54. The van der Waals surface area contributed by atoms with E-state index in [2.05, 4.69) is 10.3 Å². The number of methoxy groups -OCH3 is 2. The highest BCUT2D eigenvalue weighted by molar-refractivity contribution is 6.04. The van der Waals surface area contributed by atoms with Crippen molar-refractivity contribution in [3.63, 3.8) is 0 Å². The second-order valence-electron chi connectivity index (χ2n) is 5.68. The van der Waals surface area contributed by atoms with Crippen molar-refractivity contribution in [2.45, 2.75) is 6.61 Å². The van der Waals surface area contributed by atoms with E-state index in [0.717, 1.165) is 5.56 Å². The lowest BCUT2D eigenvalue weighted by Gasteiger charge is -2.11.